The lowest BCUT2D eigenvalue weighted by Crippen LogP contribution is -2.39. The van der Waals surface area contributed by atoms with Crippen molar-refractivity contribution < 1.29 is 9.53 Å². The zero-order valence-electron chi connectivity index (χ0n) is 14.4. The summed E-state index contributed by atoms with van der Waals surface area (Å²) in [6.07, 6.45) is 3.42. The summed E-state index contributed by atoms with van der Waals surface area (Å²) in [5, 5.41) is 6.32. The number of carbonyl (C=O) groups excluding carboxylic acids is 1. The summed E-state index contributed by atoms with van der Waals surface area (Å²) < 4.78 is 5.39. The van der Waals surface area contributed by atoms with Crippen molar-refractivity contribution in [3.8, 4) is 5.75 Å². The molecule has 0 fully saturated rings. The van der Waals surface area contributed by atoms with Crippen LogP contribution < -0.4 is 10.1 Å². The fraction of sp³-hybridized carbons (Fsp3) is 0.278. The molecule has 0 radical (unpaired) electrons. The largest absolute Gasteiger partial charge is 0.494 e. The first-order valence-electron chi connectivity index (χ1n) is 7.91. The first kappa shape index (κ1) is 17.3. The first-order valence-corrected chi connectivity index (χ1v) is 8.79. The standard InChI is InChI=1S/C18H20N4O2S/c1-12(17(23)21-18-20-9-10-25-18)22(2)11-13-6-7-15(24-3)16-14(13)5-4-8-19-16/h4-10,12H,11H2,1-3H3,(H,20,21,23). The Labute approximate surface area is 150 Å². The van der Waals surface area contributed by atoms with E-state index >= 15 is 0 Å². The summed E-state index contributed by atoms with van der Waals surface area (Å²) in [6, 6.07) is 7.57. The third kappa shape index (κ3) is 3.78. The highest BCUT2D eigenvalue weighted by molar-refractivity contribution is 7.13. The number of likely N-dealkylation sites (N-methyl/N-ethyl adjacent to an activating group) is 1. The second-order valence-corrected chi connectivity index (χ2v) is 6.64. The Balaban J connectivity index is 1.77. The van der Waals surface area contributed by atoms with Gasteiger partial charge in [-0.05, 0) is 31.7 Å². The molecule has 1 aromatic carbocycles. The van der Waals surface area contributed by atoms with E-state index in [1.54, 1.807) is 19.5 Å². The summed E-state index contributed by atoms with van der Waals surface area (Å²) in [7, 11) is 3.57. The Morgan fingerprint density at radius 1 is 1.32 bits per heavy atom. The van der Waals surface area contributed by atoms with E-state index in [0.717, 1.165) is 22.2 Å². The van der Waals surface area contributed by atoms with Gasteiger partial charge in [0.25, 0.3) is 0 Å². The third-order valence-corrected chi connectivity index (χ3v) is 4.85. The average molecular weight is 356 g/mol. The van der Waals surface area contributed by atoms with Gasteiger partial charge in [0.2, 0.25) is 5.91 Å². The van der Waals surface area contributed by atoms with E-state index in [-0.39, 0.29) is 11.9 Å². The molecule has 0 bridgehead atoms. The second-order valence-electron chi connectivity index (χ2n) is 5.74. The SMILES string of the molecule is COc1ccc(CN(C)C(C)C(=O)Nc2nccs2)c2cccnc12. The number of fused-ring (bicyclic) bond motifs is 1. The quantitative estimate of drug-likeness (QED) is 0.735. The van der Waals surface area contributed by atoms with Crippen LogP contribution in [0.4, 0.5) is 5.13 Å². The number of rotatable bonds is 6. The van der Waals surface area contributed by atoms with Crippen molar-refractivity contribution in [2.45, 2.75) is 19.5 Å². The Bertz CT molecular complexity index is 867. The molecule has 1 atom stereocenters. The average Bonchev–Trinajstić information content (AvgIpc) is 3.14. The topological polar surface area (TPSA) is 67.3 Å². The number of anilines is 1. The third-order valence-electron chi connectivity index (χ3n) is 4.17. The summed E-state index contributed by atoms with van der Waals surface area (Å²) in [6.45, 7) is 2.51. The zero-order valence-corrected chi connectivity index (χ0v) is 15.2. The van der Waals surface area contributed by atoms with Crippen LogP contribution in [0.2, 0.25) is 0 Å². The summed E-state index contributed by atoms with van der Waals surface area (Å²) in [4.78, 5) is 22.9. The molecular weight excluding hydrogens is 336 g/mol. The van der Waals surface area contributed by atoms with Crippen LogP contribution in [-0.4, -0.2) is 41.0 Å². The van der Waals surface area contributed by atoms with Gasteiger partial charge in [-0.2, -0.15) is 0 Å². The number of nitrogens with one attached hydrogen (secondary N) is 1. The molecule has 0 aliphatic rings. The molecule has 7 heteroatoms. The molecule has 3 aromatic rings. The zero-order chi connectivity index (χ0) is 17.8. The highest BCUT2D eigenvalue weighted by Crippen LogP contribution is 2.27. The van der Waals surface area contributed by atoms with Gasteiger partial charge in [-0.1, -0.05) is 12.1 Å². The van der Waals surface area contributed by atoms with Crippen molar-refractivity contribution in [3.63, 3.8) is 0 Å². The second kappa shape index (κ2) is 7.58. The van der Waals surface area contributed by atoms with E-state index in [1.165, 1.54) is 11.3 Å². The Morgan fingerprint density at radius 3 is 2.88 bits per heavy atom. The number of hydrogen-bond acceptors (Lipinski definition) is 6. The Morgan fingerprint density at radius 2 is 2.16 bits per heavy atom. The van der Waals surface area contributed by atoms with E-state index in [0.29, 0.717) is 11.7 Å². The minimum atomic E-state index is -0.294. The summed E-state index contributed by atoms with van der Waals surface area (Å²) in [5.74, 6) is 0.671. The van der Waals surface area contributed by atoms with E-state index in [2.05, 4.69) is 15.3 Å². The van der Waals surface area contributed by atoms with E-state index < -0.39 is 0 Å². The van der Waals surface area contributed by atoms with Gasteiger partial charge in [-0.15, -0.1) is 11.3 Å². The number of methoxy groups -OCH3 is 1. The number of pyridine rings is 1. The van der Waals surface area contributed by atoms with Crippen molar-refractivity contribution in [2.24, 2.45) is 0 Å². The molecule has 0 saturated carbocycles. The fourth-order valence-electron chi connectivity index (χ4n) is 2.61. The highest BCUT2D eigenvalue weighted by atomic mass is 32.1. The first-order chi connectivity index (χ1) is 12.1. The fourth-order valence-corrected chi connectivity index (χ4v) is 3.14. The molecule has 3 rings (SSSR count). The number of benzene rings is 1. The number of nitrogens with zero attached hydrogens (tertiary/aromatic N) is 3. The van der Waals surface area contributed by atoms with Crippen molar-refractivity contribution in [1.29, 1.82) is 0 Å². The van der Waals surface area contributed by atoms with Gasteiger partial charge in [-0.25, -0.2) is 4.98 Å². The molecule has 25 heavy (non-hydrogen) atoms. The number of ether oxygens (including phenoxy) is 1. The lowest BCUT2D eigenvalue weighted by molar-refractivity contribution is -0.120. The molecule has 1 amide bonds. The molecule has 0 aliphatic carbocycles. The van der Waals surface area contributed by atoms with E-state index in [1.807, 2.05) is 48.5 Å². The van der Waals surface area contributed by atoms with Gasteiger partial charge < -0.3 is 10.1 Å². The number of aromatic nitrogens is 2. The van der Waals surface area contributed by atoms with Crippen LogP contribution in [0.25, 0.3) is 10.9 Å². The van der Waals surface area contributed by atoms with Crippen LogP contribution in [0.5, 0.6) is 5.75 Å². The van der Waals surface area contributed by atoms with Crippen LogP contribution in [0.15, 0.2) is 42.0 Å². The lowest BCUT2D eigenvalue weighted by Gasteiger charge is -2.24. The minimum absolute atomic E-state index is 0.0756. The smallest absolute Gasteiger partial charge is 0.243 e. The molecule has 0 saturated heterocycles. The number of carbonyl (C=O) groups is 1. The van der Waals surface area contributed by atoms with Crippen molar-refractivity contribution in [2.75, 3.05) is 19.5 Å². The number of hydrogen-bond donors (Lipinski definition) is 1. The molecule has 6 nitrogen and oxygen atoms in total. The maximum absolute atomic E-state index is 12.4. The lowest BCUT2D eigenvalue weighted by atomic mass is 10.1. The number of amides is 1. The molecule has 130 valence electrons. The predicted molar refractivity (Wildman–Crippen MR) is 100.0 cm³/mol. The van der Waals surface area contributed by atoms with Crippen LogP contribution in [-0.2, 0) is 11.3 Å². The molecule has 2 aromatic heterocycles. The minimum Gasteiger partial charge on any atom is -0.494 e. The van der Waals surface area contributed by atoms with Crippen molar-refractivity contribution >= 4 is 33.3 Å². The Kier molecular flexibility index (Phi) is 5.25. The van der Waals surface area contributed by atoms with Crippen LogP contribution in [0, 0.1) is 0 Å². The van der Waals surface area contributed by atoms with Gasteiger partial charge in [0.05, 0.1) is 13.2 Å². The van der Waals surface area contributed by atoms with Crippen LogP contribution >= 0.6 is 11.3 Å². The van der Waals surface area contributed by atoms with Gasteiger partial charge in [0.1, 0.15) is 11.3 Å². The summed E-state index contributed by atoms with van der Waals surface area (Å²) in [5.41, 5.74) is 1.93. The van der Waals surface area contributed by atoms with Crippen molar-refractivity contribution in [1.82, 2.24) is 14.9 Å². The summed E-state index contributed by atoms with van der Waals surface area (Å²) >= 11 is 1.41. The molecule has 1 N–H and O–H groups in total. The van der Waals surface area contributed by atoms with Gasteiger partial charge >= 0.3 is 0 Å². The Hall–Kier alpha value is -2.51. The van der Waals surface area contributed by atoms with Crippen LogP contribution in [0.3, 0.4) is 0 Å². The van der Waals surface area contributed by atoms with Gasteiger partial charge in [0.15, 0.2) is 5.13 Å². The molecule has 2 heterocycles. The van der Waals surface area contributed by atoms with Crippen molar-refractivity contribution in [3.05, 3.63) is 47.6 Å². The molecule has 1 unspecified atom stereocenters. The number of thiazole rings is 1. The molecule has 0 spiro atoms. The van der Waals surface area contributed by atoms with Gasteiger partial charge in [-0.3, -0.25) is 14.7 Å². The maximum atomic E-state index is 12.4. The molecular formula is C18H20N4O2S. The van der Waals surface area contributed by atoms with E-state index in [4.69, 9.17) is 4.74 Å². The molecule has 0 aliphatic heterocycles. The predicted octanol–water partition coefficient (Wildman–Crippen LogP) is 3.16. The maximum Gasteiger partial charge on any atom is 0.243 e. The van der Waals surface area contributed by atoms with E-state index in [9.17, 15) is 4.79 Å². The van der Waals surface area contributed by atoms with Crippen LogP contribution in [0.1, 0.15) is 12.5 Å². The normalized spacial score (nSPS) is 12.3. The van der Waals surface area contributed by atoms with Gasteiger partial charge in [0, 0.05) is 29.7 Å². The highest BCUT2D eigenvalue weighted by Gasteiger charge is 2.20. The monoisotopic (exact) mass is 356 g/mol.